The van der Waals surface area contributed by atoms with Gasteiger partial charge in [-0.3, -0.25) is 9.59 Å². The summed E-state index contributed by atoms with van der Waals surface area (Å²) in [6, 6.07) is 9.99. The Balaban J connectivity index is 1.38. The van der Waals surface area contributed by atoms with Gasteiger partial charge in [-0.2, -0.15) is 0 Å². The fraction of sp³-hybridized carbons (Fsp3) is 0.350. The number of nitrogens with zero attached hydrogens (tertiary/aromatic N) is 1. The van der Waals surface area contributed by atoms with E-state index in [4.69, 9.17) is 16.3 Å². The summed E-state index contributed by atoms with van der Waals surface area (Å²) in [7, 11) is 0. The van der Waals surface area contributed by atoms with E-state index in [1.165, 1.54) is 18.3 Å². The summed E-state index contributed by atoms with van der Waals surface area (Å²) in [6.07, 6.45) is 2.66. The van der Waals surface area contributed by atoms with Crippen molar-refractivity contribution in [1.29, 1.82) is 0 Å². The van der Waals surface area contributed by atoms with Crippen LogP contribution in [0.5, 0.6) is 0 Å². The minimum atomic E-state index is -0.328. The normalized spacial score (nSPS) is 14.5. The number of rotatable bonds is 5. The minimum Gasteiger partial charge on any atom is -0.445 e. The van der Waals surface area contributed by atoms with Gasteiger partial charge in [0.1, 0.15) is 6.61 Å². The number of aromatic nitrogens is 1. The Morgan fingerprint density at radius 1 is 1.14 bits per heavy atom. The topological polar surface area (TPSA) is 91.5 Å². The highest BCUT2D eigenvalue weighted by molar-refractivity contribution is 6.30. The molecule has 0 aliphatic carbocycles. The van der Waals surface area contributed by atoms with Gasteiger partial charge in [0, 0.05) is 36.9 Å². The minimum absolute atomic E-state index is 0.213. The molecule has 2 aromatic rings. The number of ether oxygens (including phenoxy) is 1. The number of benzene rings is 1. The Morgan fingerprint density at radius 2 is 1.86 bits per heavy atom. The zero-order chi connectivity index (χ0) is 19.9. The summed E-state index contributed by atoms with van der Waals surface area (Å²) in [6.45, 7) is 1.94. The van der Waals surface area contributed by atoms with Crippen molar-refractivity contribution in [2.24, 2.45) is 5.92 Å². The number of piperidine rings is 1. The van der Waals surface area contributed by atoms with Crippen molar-refractivity contribution in [1.82, 2.24) is 15.2 Å². The number of hydrogen-bond acceptors (Lipinski definition) is 4. The van der Waals surface area contributed by atoms with E-state index in [1.54, 1.807) is 17.0 Å². The van der Waals surface area contributed by atoms with Gasteiger partial charge < -0.3 is 19.9 Å². The molecule has 1 aliphatic rings. The lowest BCUT2D eigenvalue weighted by Crippen LogP contribution is -2.41. The molecule has 1 aromatic carbocycles. The van der Waals surface area contributed by atoms with Crippen LogP contribution in [-0.2, 0) is 11.3 Å². The largest absolute Gasteiger partial charge is 0.445 e. The van der Waals surface area contributed by atoms with Crippen LogP contribution in [0.2, 0.25) is 5.02 Å². The maximum Gasteiger partial charge on any atom is 0.410 e. The third-order valence-corrected chi connectivity index (χ3v) is 5.00. The molecule has 0 spiro atoms. The fourth-order valence-electron chi connectivity index (χ4n) is 3.03. The molecule has 28 heavy (non-hydrogen) atoms. The first-order valence-electron chi connectivity index (χ1n) is 9.14. The molecule has 1 aliphatic heterocycles. The van der Waals surface area contributed by atoms with Crippen LogP contribution in [0.3, 0.4) is 0 Å². The zero-order valence-corrected chi connectivity index (χ0v) is 16.1. The van der Waals surface area contributed by atoms with Gasteiger partial charge >= 0.3 is 6.09 Å². The summed E-state index contributed by atoms with van der Waals surface area (Å²) in [5.74, 6) is 0.0769. The summed E-state index contributed by atoms with van der Waals surface area (Å²) in [5.41, 5.74) is 1.06. The first kappa shape index (κ1) is 19.9. The van der Waals surface area contributed by atoms with E-state index in [-0.39, 0.29) is 24.2 Å². The first-order valence-corrected chi connectivity index (χ1v) is 9.52. The fourth-order valence-corrected chi connectivity index (χ4v) is 3.15. The smallest absolute Gasteiger partial charge is 0.410 e. The van der Waals surface area contributed by atoms with E-state index in [0.29, 0.717) is 36.1 Å². The lowest BCUT2D eigenvalue weighted by atomic mass is 9.97. The monoisotopic (exact) mass is 403 g/mol. The molecule has 8 heteroatoms. The van der Waals surface area contributed by atoms with Crippen molar-refractivity contribution >= 4 is 23.6 Å². The van der Waals surface area contributed by atoms with E-state index in [1.807, 2.05) is 12.1 Å². The molecule has 0 bridgehead atoms. The first-order chi connectivity index (χ1) is 13.5. The van der Waals surface area contributed by atoms with Crippen LogP contribution in [-0.4, -0.2) is 41.5 Å². The average molecular weight is 404 g/mol. The third kappa shape index (κ3) is 5.60. The molecule has 7 nitrogen and oxygen atoms in total. The number of amides is 2. The second-order valence-corrected chi connectivity index (χ2v) is 7.20. The number of H-pyrrole nitrogens is 1. The molecule has 1 fully saturated rings. The summed E-state index contributed by atoms with van der Waals surface area (Å²) in [5, 5.41) is 3.52. The number of halogens is 1. The molecule has 0 atom stereocenters. The Labute approximate surface area is 167 Å². The third-order valence-electron chi connectivity index (χ3n) is 4.75. The highest BCUT2D eigenvalue weighted by Crippen LogP contribution is 2.18. The number of pyridine rings is 1. The van der Waals surface area contributed by atoms with Crippen LogP contribution in [0.4, 0.5) is 4.79 Å². The molecule has 3 rings (SSSR count). The van der Waals surface area contributed by atoms with Crippen LogP contribution in [0, 0.1) is 5.92 Å². The highest BCUT2D eigenvalue weighted by Gasteiger charge is 2.24. The van der Waals surface area contributed by atoms with Crippen LogP contribution in [0.15, 0.2) is 47.4 Å². The van der Waals surface area contributed by atoms with Gasteiger partial charge in [0.2, 0.25) is 5.56 Å². The second-order valence-electron chi connectivity index (χ2n) is 6.76. The van der Waals surface area contributed by atoms with Crippen molar-refractivity contribution < 1.29 is 14.3 Å². The summed E-state index contributed by atoms with van der Waals surface area (Å²) >= 11 is 5.84. The molecule has 2 amide bonds. The molecule has 148 valence electrons. The van der Waals surface area contributed by atoms with Crippen molar-refractivity contribution in [3.8, 4) is 0 Å². The van der Waals surface area contributed by atoms with Crippen molar-refractivity contribution in [2.45, 2.75) is 19.4 Å². The van der Waals surface area contributed by atoms with Gasteiger partial charge in [-0.25, -0.2) is 4.79 Å². The van der Waals surface area contributed by atoms with Crippen molar-refractivity contribution in [3.05, 3.63) is 69.1 Å². The second kappa shape index (κ2) is 9.41. The number of hydrogen-bond donors (Lipinski definition) is 2. The van der Waals surface area contributed by atoms with Gasteiger partial charge in [0.25, 0.3) is 5.91 Å². The molecular formula is C20H22ClN3O4. The van der Waals surface area contributed by atoms with E-state index < -0.39 is 0 Å². The number of carbonyl (C=O) groups is 2. The molecule has 0 saturated carbocycles. The lowest BCUT2D eigenvalue weighted by molar-refractivity contribution is 0.0800. The van der Waals surface area contributed by atoms with Gasteiger partial charge in [-0.05, 0) is 42.5 Å². The van der Waals surface area contributed by atoms with Gasteiger partial charge in [0.15, 0.2) is 0 Å². The van der Waals surface area contributed by atoms with Crippen molar-refractivity contribution in [2.75, 3.05) is 19.6 Å². The highest BCUT2D eigenvalue weighted by atomic mass is 35.5. The maximum absolute atomic E-state index is 12.2. The van der Waals surface area contributed by atoms with Gasteiger partial charge in [0.05, 0.1) is 5.56 Å². The van der Waals surface area contributed by atoms with Crippen LogP contribution >= 0.6 is 11.6 Å². The Bertz CT molecular complexity index is 853. The van der Waals surface area contributed by atoms with E-state index in [0.717, 1.165) is 18.4 Å². The van der Waals surface area contributed by atoms with E-state index in [9.17, 15) is 14.4 Å². The average Bonchev–Trinajstić information content (AvgIpc) is 2.72. The molecule has 1 saturated heterocycles. The maximum atomic E-state index is 12.2. The molecule has 2 N–H and O–H groups in total. The standard InChI is InChI=1S/C20H22ClN3O4/c21-17-4-1-15(2-5-17)13-28-20(27)24-9-7-14(8-10-24)11-23-19(26)16-3-6-18(25)22-12-16/h1-6,12,14H,7-11,13H2,(H,22,25)(H,23,26). The molecular weight excluding hydrogens is 382 g/mol. The Hall–Kier alpha value is -2.80. The Morgan fingerprint density at radius 3 is 2.50 bits per heavy atom. The molecule has 1 aromatic heterocycles. The molecule has 0 unspecified atom stereocenters. The Kier molecular flexibility index (Phi) is 6.71. The van der Waals surface area contributed by atoms with Crippen LogP contribution < -0.4 is 10.9 Å². The summed E-state index contributed by atoms with van der Waals surface area (Å²) in [4.78, 5) is 39.5. The van der Waals surface area contributed by atoms with Crippen molar-refractivity contribution in [3.63, 3.8) is 0 Å². The summed E-state index contributed by atoms with van der Waals surface area (Å²) < 4.78 is 5.35. The predicted octanol–water partition coefficient (Wildman–Crippen LogP) is 2.81. The molecule has 0 radical (unpaired) electrons. The van der Waals surface area contributed by atoms with Crippen LogP contribution in [0.25, 0.3) is 0 Å². The molecule has 2 heterocycles. The quantitative estimate of drug-likeness (QED) is 0.803. The van der Waals surface area contributed by atoms with E-state index in [2.05, 4.69) is 10.3 Å². The number of nitrogens with one attached hydrogen (secondary N) is 2. The van der Waals surface area contributed by atoms with E-state index >= 15 is 0 Å². The lowest BCUT2D eigenvalue weighted by Gasteiger charge is -2.31. The number of carbonyl (C=O) groups excluding carboxylic acids is 2. The predicted molar refractivity (Wildman–Crippen MR) is 105 cm³/mol. The van der Waals surface area contributed by atoms with Gasteiger partial charge in [-0.15, -0.1) is 0 Å². The SMILES string of the molecule is O=C(NCC1CCN(C(=O)OCc2ccc(Cl)cc2)CC1)c1ccc(=O)[nH]c1. The number of likely N-dealkylation sites (tertiary alicyclic amines) is 1. The number of aromatic amines is 1. The zero-order valence-electron chi connectivity index (χ0n) is 15.3. The van der Waals surface area contributed by atoms with Gasteiger partial charge in [-0.1, -0.05) is 23.7 Å². The van der Waals surface area contributed by atoms with Crippen LogP contribution in [0.1, 0.15) is 28.8 Å².